The molecule has 1 aromatic heterocycles. The maximum Gasteiger partial charge on any atom is 0.257 e. The Bertz CT molecular complexity index is 1410. The fourth-order valence-electron chi connectivity index (χ4n) is 5.31. The van der Waals surface area contributed by atoms with Gasteiger partial charge in [-0.25, -0.2) is 9.97 Å². The molecule has 2 aliphatic heterocycles. The third kappa shape index (κ3) is 6.84. The second kappa shape index (κ2) is 13.1. The first-order valence-corrected chi connectivity index (χ1v) is 14.3. The molecule has 2 aromatic carbocycles. The van der Waals surface area contributed by atoms with Crippen molar-refractivity contribution in [2.75, 3.05) is 46.5 Å². The number of hydrogen-bond acceptors (Lipinski definition) is 8. The highest BCUT2D eigenvalue weighted by Crippen LogP contribution is 2.28. The van der Waals surface area contributed by atoms with Crippen LogP contribution in [0.3, 0.4) is 0 Å². The van der Waals surface area contributed by atoms with E-state index < -0.39 is 0 Å². The molecule has 3 aromatic rings. The smallest absolute Gasteiger partial charge is 0.257 e. The van der Waals surface area contributed by atoms with Gasteiger partial charge in [-0.3, -0.25) is 9.69 Å². The highest BCUT2D eigenvalue weighted by Gasteiger charge is 2.25. The number of piperazine rings is 1. The Morgan fingerprint density at radius 3 is 2.56 bits per heavy atom. The van der Waals surface area contributed by atoms with Crippen molar-refractivity contribution in [3.8, 4) is 28.8 Å². The summed E-state index contributed by atoms with van der Waals surface area (Å²) in [5, 5.41) is 9.77. The van der Waals surface area contributed by atoms with Crippen molar-refractivity contribution in [1.29, 1.82) is 5.26 Å². The standard InChI is InChI=1S/C32H37N5O4/c1-22(2)36-12-14-37(15-13-36)32(38)27-6-4-23(18-30(27)39-3)19-31-34-11-8-28(35-31)24-5-7-29(25(20-24)21-33)41-26-9-16-40-17-10-26/h4-8,11,18,20,22,26H,9-10,12-17,19H2,1-3H3. The van der Waals surface area contributed by atoms with Gasteiger partial charge in [0.15, 0.2) is 0 Å². The van der Waals surface area contributed by atoms with E-state index in [2.05, 4.69) is 29.8 Å². The molecule has 0 N–H and O–H groups in total. The van der Waals surface area contributed by atoms with Gasteiger partial charge in [0.25, 0.3) is 5.91 Å². The van der Waals surface area contributed by atoms with Crippen molar-refractivity contribution in [2.24, 2.45) is 0 Å². The molecular weight excluding hydrogens is 518 g/mol. The van der Waals surface area contributed by atoms with Crippen LogP contribution in [0.1, 0.15) is 54.0 Å². The number of hydrogen-bond donors (Lipinski definition) is 0. The fourth-order valence-corrected chi connectivity index (χ4v) is 5.31. The molecule has 2 aliphatic rings. The topological polar surface area (TPSA) is 101 Å². The van der Waals surface area contributed by atoms with Crippen LogP contribution in [0.5, 0.6) is 11.5 Å². The number of methoxy groups -OCH3 is 1. The Morgan fingerprint density at radius 2 is 1.85 bits per heavy atom. The van der Waals surface area contributed by atoms with Crippen LogP contribution < -0.4 is 9.47 Å². The third-order valence-electron chi connectivity index (χ3n) is 7.75. The van der Waals surface area contributed by atoms with E-state index in [0.29, 0.717) is 67.2 Å². The monoisotopic (exact) mass is 555 g/mol. The van der Waals surface area contributed by atoms with Gasteiger partial charge in [-0.1, -0.05) is 6.07 Å². The second-order valence-electron chi connectivity index (χ2n) is 10.7. The molecule has 214 valence electrons. The number of rotatable bonds is 8. The summed E-state index contributed by atoms with van der Waals surface area (Å²) in [7, 11) is 1.59. The molecule has 0 atom stereocenters. The van der Waals surface area contributed by atoms with Gasteiger partial charge in [-0.15, -0.1) is 0 Å². The number of nitrogens with zero attached hydrogens (tertiary/aromatic N) is 5. The lowest BCUT2D eigenvalue weighted by molar-refractivity contribution is 0.0254. The van der Waals surface area contributed by atoms with Gasteiger partial charge in [0.05, 0.1) is 37.1 Å². The summed E-state index contributed by atoms with van der Waals surface area (Å²) >= 11 is 0. The van der Waals surface area contributed by atoms with Crippen molar-refractivity contribution >= 4 is 5.91 Å². The maximum atomic E-state index is 13.3. The van der Waals surface area contributed by atoms with Crippen LogP contribution >= 0.6 is 0 Å². The van der Waals surface area contributed by atoms with Gasteiger partial charge in [0.2, 0.25) is 0 Å². The zero-order valence-electron chi connectivity index (χ0n) is 24.0. The van der Waals surface area contributed by atoms with Gasteiger partial charge < -0.3 is 19.1 Å². The molecule has 0 spiro atoms. The molecule has 0 aliphatic carbocycles. The van der Waals surface area contributed by atoms with Crippen molar-refractivity contribution in [2.45, 2.75) is 45.3 Å². The maximum absolute atomic E-state index is 13.3. The molecule has 2 saturated heterocycles. The zero-order valence-corrected chi connectivity index (χ0v) is 24.0. The van der Waals surface area contributed by atoms with E-state index in [1.165, 1.54) is 0 Å². The van der Waals surface area contributed by atoms with Crippen LogP contribution in [-0.2, 0) is 11.2 Å². The zero-order chi connectivity index (χ0) is 28.8. The first-order valence-electron chi connectivity index (χ1n) is 14.3. The van der Waals surface area contributed by atoms with Crippen LogP contribution in [0.4, 0.5) is 0 Å². The van der Waals surface area contributed by atoms with Crippen molar-refractivity contribution in [3.05, 3.63) is 71.2 Å². The number of carbonyl (C=O) groups excluding carboxylic acids is 1. The molecule has 9 heteroatoms. The summed E-state index contributed by atoms with van der Waals surface area (Å²) in [4.78, 5) is 26.8. The van der Waals surface area contributed by atoms with E-state index in [-0.39, 0.29) is 12.0 Å². The molecule has 2 fully saturated rings. The molecule has 9 nitrogen and oxygen atoms in total. The molecule has 41 heavy (non-hydrogen) atoms. The Kier molecular flexibility index (Phi) is 9.12. The third-order valence-corrected chi connectivity index (χ3v) is 7.75. The van der Waals surface area contributed by atoms with E-state index in [4.69, 9.17) is 19.2 Å². The number of aromatic nitrogens is 2. The van der Waals surface area contributed by atoms with Crippen LogP contribution in [0.2, 0.25) is 0 Å². The van der Waals surface area contributed by atoms with Crippen LogP contribution in [0.25, 0.3) is 11.3 Å². The van der Waals surface area contributed by atoms with E-state index >= 15 is 0 Å². The molecule has 0 bridgehead atoms. The van der Waals surface area contributed by atoms with Gasteiger partial charge in [0, 0.05) is 63.2 Å². The Hall–Kier alpha value is -4.00. The summed E-state index contributed by atoms with van der Waals surface area (Å²) in [5.41, 5.74) is 3.53. The lowest BCUT2D eigenvalue weighted by atomic mass is 10.0. The molecule has 5 rings (SSSR count). The molecular formula is C32H37N5O4. The van der Waals surface area contributed by atoms with Gasteiger partial charge in [-0.2, -0.15) is 5.26 Å². The van der Waals surface area contributed by atoms with Crippen molar-refractivity contribution < 1.29 is 19.0 Å². The number of ether oxygens (including phenoxy) is 3. The van der Waals surface area contributed by atoms with Crippen LogP contribution in [0.15, 0.2) is 48.7 Å². The first-order chi connectivity index (χ1) is 19.9. The Balaban J connectivity index is 1.29. The number of amides is 1. The van der Waals surface area contributed by atoms with E-state index in [1.54, 1.807) is 13.3 Å². The normalized spacial score (nSPS) is 16.4. The molecule has 0 radical (unpaired) electrons. The Morgan fingerprint density at radius 1 is 1.07 bits per heavy atom. The molecule has 0 saturated carbocycles. The predicted molar refractivity (Wildman–Crippen MR) is 155 cm³/mol. The fraction of sp³-hybridized carbons (Fsp3) is 0.438. The first kappa shape index (κ1) is 28.5. The summed E-state index contributed by atoms with van der Waals surface area (Å²) in [6, 6.07) is 15.8. The van der Waals surface area contributed by atoms with Crippen LogP contribution in [-0.4, -0.2) is 84.3 Å². The predicted octanol–water partition coefficient (Wildman–Crippen LogP) is 4.34. The summed E-state index contributed by atoms with van der Waals surface area (Å²) in [6.07, 6.45) is 3.89. The lowest BCUT2D eigenvalue weighted by Gasteiger charge is -2.37. The quantitative estimate of drug-likeness (QED) is 0.405. The number of benzene rings is 2. The minimum Gasteiger partial charge on any atom is -0.496 e. The summed E-state index contributed by atoms with van der Waals surface area (Å²) < 4.78 is 17.1. The summed E-state index contributed by atoms with van der Waals surface area (Å²) in [6.45, 7) is 8.88. The van der Waals surface area contributed by atoms with E-state index in [1.807, 2.05) is 47.4 Å². The van der Waals surface area contributed by atoms with Crippen LogP contribution in [0, 0.1) is 11.3 Å². The highest BCUT2D eigenvalue weighted by atomic mass is 16.5. The van der Waals surface area contributed by atoms with E-state index in [0.717, 1.165) is 42.8 Å². The second-order valence-corrected chi connectivity index (χ2v) is 10.7. The molecule has 0 unspecified atom stereocenters. The average molecular weight is 556 g/mol. The Labute approximate surface area is 241 Å². The average Bonchev–Trinajstić information content (AvgIpc) is 3.01. The van der Waals surface area contributed by atoms with E-state index in [9.17, 15) is 10.1 Å². The minimum absolute atomic E-state index is 0.00685. The van der Waals surface area contributed by atoms with Crippen molar-refractivity contribution in [1.82, 2.24) is 19.8 Å². The van der Waals surface area contributed by atoms with Gasteiger partial charge in [-0.05, 0) is 55.8 Å². The molecule has 1 amide bonds. The largest absolute Gasteiger partial charge is 0.496 e. The molecule has 3 heterocycles. The van der Waals surface area contributed by atoms with Gasteiger partial charge in [0.1, 0.15) is 29.5 Å². The highest BCUT2D eigenvalue weighted by molar-refractivity contribution is 5.97. The van der Waals surface area contributed by atoms with Gasteiger partial charge >= 0.3 is 0 Å². The summed E-state index contributed by atoms with van der Waals surface area (Å²) in [5.74, 6) is 1.76. The lowest BCUT2D eigenvalue weighted by Crippen LogP contribution is -2.50. The number of carbonyl (C=O) groups is 1. The SMILES string of the molecule is COc1cc(Cc2nccc(-c3ccc(OC4CCOCC4)c(C#N)c3)n2)ccc1C(=O)N1CCN(C(C)C)CC1. The van der Waals surface area contributed by atoms with Crippen molar-refractivity contribution in [3.63, 3.8) is 0 Å². The minimum atomic E-state index is -0.00685. The number of nitriles is 1.